The van der Waals surface area contributed by atoms with Crippen molar-refractivity contribution >= 4 is 27.3 Å². The average molecular weight is 249 g/mol. The largest absolute Gasteiger partial charge is 0.411 e. The van der Waals surface area contributed by atoms with E-state index >= 15 is 0 Å². The van der Waals surface area contributed by atoms with Gasteiger partial charge in [0.05, 0.1) is 5.71 Å². The van der Waals surface area contributed by atoms with E-state index in [0.29, 0.717) is 6.42 Å². The van der Waals surface area contributed by atoms with Gasteiger partial charge in [0.25, 0.3) is 0 Å². The molecule has 2 heteroatoms. The Kier molecular flexibility index (Phi) is 2.92. The lowest BCUT2D eigenvalue weighted by Gasteiger charge is -2.07. The molecular formula is C17H15NO. The van der Waals surface area contributed by atoms with Gasteiger partial charge in [0.2, 0.25) is 0 Å². The first kappa shape index (κ1) is 11.7. The second kappa shape index (κ2) is 4.73. The normalized spacial score (nSPS) is 12.2. The SMILES string of the molecule is CCC(=NO)c1ccc2ccc3ccccc3c2c1. The Labute approximate surface area is 112 Å². The van der Waals surface area contributed by atoms with Gasteiger partial charge in [0.1, 0.15) is 0 Å². The molecule has 0 fully saturated rings. The van der Waals surface area contributed by atoms with Gasteiger partial charge in [-0.1, -0.05) is 60.6 Å². The van der Waals surface area contributed by atoms with E-state index in [1.165, 1.54) is 21.5 Å². The van der Waals surface area contributed by atoms with Crippen LogP contribution in [0, 0.1) is 0 Å². The fourth-order valence-electron chi connectivity index (χ4n) is 2.51. The molecular weight excluding hydrogens is 234 g/mol. The maximum Gasteiger partial charge on any atom is 0.0865 e. The van der Waals surface area contributed by atoms with Crippen molar-refractivity contribution in [1.82, 2.24) is 0 Å². The Morgan fingerprint density at radius 2 is 1.63 bits per heavy atom. The molecule has 0 spiro atoms. The highest BCUT2D eigenvalue weighted by atomic mass is 16.4. The first-order valence-electron chi connectivity index (χ1n) is 6.46. The van der Waals surface area contributed by atoms with Crippen molar-refractivity contribution in [3.8, 4) is 0 Å². The molecule has 0 radical (unpaired) electrons. The Bertz CT molecular complexity index is 774. The molecule has 0 amide bonds. The summed E-state index contributed by atoms with van der Waals surface area (Å²) in [6.45, 7) is 1.99. The third kappa shape index (κ3) is 1.95. The van der Waals surface area contributed by atoms with Crippen LogP contribution in [0.1, 0.15) is 18.9 Å². The minimum absolute atomic E-state index is 0.715. The molecule has 0 aliphatic heterocycles. The molecule has 0 saturated heterocycles. The Balaban J connectivity index is 2.34. The number of nitrogens with zero attached hydrogens (tertiary/aromatic N) is 1. The summed E-state index contributed by atoms with van der Waals surface area (Å²) in [5, 5.41) is 17.3. The van der Waals surface area contributed by atoms with Crippen LogP contribution in [0.2, 0.25) is 0 Å². The monoisotopic (exact) mass is 249 g/mol. The van der Waals surface area contributed by atoms with Gasteiger partial charge in [-0.2, -0.15) is 0 Å². The number of rotatable bonds is 2. The van der Waals surface area contributed by atoms with E-state index in [0.717, 1.165) is 11.3 Å². The van der Waals surface area contributed by atoms with Crippen LogP contribution in [0.3, 0.4) is 0 Å². The standard InChI is InChI=1S/C17H15NO/c1-2-17(18-19)14-10-9-13-8-7-12-5-3-4-6-15(12)16(13)11-14/h3-11,19H,2H2,1H3. The molecule has 0 aromatic heterocycles. The Morgan fingerprint density at radius 3 is 2.37 bits per heavy atom. The minimum Gasteiger partial charge on any atom is -0.411 e. The molecule has 0 saturated carbocycles. The van der Waals surface area contributed by atoms with Crippen molar-refractivity contribution in [2.24, 2.45) is 5.16 Å². The summed E-state index contributed by atoms with van der Waals surface area (Å²) in [4.78, 5) is 0. The Hall–Kier alpha value is -2.35. The molecule has 2 nitrogen and oxygen atoms in total. The number of benzene rings is 3. The smallest absolute Gasteiger partial charge is 0.0865 e. The summed E-state index contributed by atoms with van der Waals surface area (Å²) in [5.41, 5.74) is 1.70. The van der Waals surface area contributed by atoms with E-state index in [-0.39, 0.29) is 0 Å². The zero-order valence-electron chi connectivity index (χ0n) is 10.8. The Morgan fingerprint density at radius 1 is 0.947 bits per heavy atom. The van der Waals surface area contributed by atoms with Crippen molar-refractivity contribution < 1.29 is 5.21 Å². The number of hydrogen-bond acceptors (Lipinski definition) is 2. The summed E-state index contributed by atoms with van der Waals surface area (Å²) in [6.07, 6.45) is 0.715. The van der Waals surface area contributed by atoms with Crippen molar-refractivity contribution in [2.45, 2.75) is 13.3 Å². The summed E-state index contributed by atoms with van der Waals surface area (Å²) in [7, 11) is 0. The average Bonchev–Trinajstić information content (AvgIpc) is 2.48. The molecule has 94 valence electrons. The summed E-state index contributed by atoms with van der Waals surface area (Å²) in [6, 6.07) is 18.8. The fourth-order valence-corrected chi connectivity index (χ4v) is 2.51. The van der Waals surface area contributed by atoms with Crippen molar-refractivity contribution in [3.05, 3.63) is 60.2 Å². The number of fused-ring (bicyclic) bond motifs is 3. The van der Waals surface area contributed by atoms with Crippen LogP contribution >= 0.6 is 0 Å². The van der Waals surface area contributed by atoms with Gasteiger partial charge in [-0.05, 0) is 39.6 Å². The van der Waals surface area contributed by atoms with Crippen molar-refractivity contribution in [1.29, 1.82) is 0 Å². The molecule has 0 atom stereocenters. The van der Waals surface area contributed by atoms with Gasteiger partial charge >= 0.3 is 0 Å². The quantitative estimate of drug-likeness (QED) is 0.306. The third-order valence-electron chi connectivity index (χ3n) is 3.54. The summed E-state index contributed by atoms with van der Waals surface area (Å²) >= 11 is 0. The summed E-state index contributed by atoms with van der Waals surface area (Å²) in [5.74, 6) is 0. The van der Waals surface area contributed by atoms with E-state index in [1.807, 2.05) is 19.1 Å². The zero-order valence-corrected chi connectivity index (χ0v) is 10.8. The molecule has 0 aliphatic rings. The van der Waals surface area contributed by atoms with Crippen LogP contribution in [0.4, 0.5) is 0 Å². The minimum atomic E-state index is 0.715. The van der Waals surface area contributed by atoms with Crippen molar-refractivity contribution in [2.75, 3.05) is 0 Å². The highest BCUT2D eigenvalue weighted by Gasteiger charge is 2.05. The lowest BCUT2D eigenvalue weighted by atomic mass is 9.98. The van der Waals surface area contributed by atoms with E-state index < -0.39 is 0 Å². The van der Waals surface area contributed by atoms with Gasteiger partial charge < -0.3 is 5.21 Å². The van der Waals surface area contributed by atoms with Crippen LogP contribution in [-0.2, 0) is 0 Å². The molecule has 19 heavy (non-hydrogen) atoms. The topological polar surface area (TPSA) is 32.6 Å². The van der Waals surface area contributed by atoms with E-state index in [4.69, 9.17) is 5.21 Å². The first-order valence-corrected chi connectivity index (χ1v) is 6.46. The maximum absolute atomic E-state index is 9.05. The fraction of sp³-hybridized carbons (Fsp3) is 0.118. The van der Waals surface area contributed by atoms with Crippen molar-refractivity contribution in [3.63, 3.8) is 0 Å². The van der Waals surface area contributed by atoms with E-state index in [2.05, 4.69) is 47.6 Å². The molecule has 0 unspecified atom stereocenters. The van der Waals surface area contributed by atoms with Crippen LogP contribution in [0.15, 0.2) is 59.8 Å². The van der Waals surface area contributed by atoms with Crippen LogP contribution < -0.4 is 0 Å². The molecule has 3 aromatic carbocycles. The number of hydrogen-bond donors (Lipinski definition) is 1. The lowest BCUT2D eigenvalue weighted by Crippen LogP contribution is -1.98. The maximum atomic E-state index is 9.05. The first-order chi connectivity index (χ1) is 9.33. The highest BCUT2D eigenvalue weighted by Crippen LogP contribution is 2.26. The zero-order chi connectivity index (χ0) is 13.2. The highest BCUT2D eigenvalue weighted by molar-refractivity contribution is 6.11. The molecule has 0 aliphatic carbocycles. The van der Waals surface area contributed by atoms with Gasteiger partial charge in [-0.25, -0.2) is 0 Å². The van der Waals surface area contributed by atoms with Gasteiger partial charge in [0.15, 0.2) is 0 Å². The van der Waals surface area contributed by atoms with Crippen LogP contribution in [-0.4, -0.2) is 10.9 Å². The molecule has 0 bridgehead atoms. The molecule has 3 aromatic rings. The van der Waals surface area contributed by atoms with E-state index in [9.17, 15) is 0 Å². The second-order valence-corrected chi connectivity index (χ2v) is 4.62. The van der Waals surface area contributed by atoms with Crippen LogP contribution in [0.25, 0.3) is 21.5 Å². The predicted molar refractivity (Wildman–Crippen MR) is 80.1 cm³/mol. The van der Waals surface area contributed by atoms with Gasteiger partial charge in [-0.3, -0.25) is 0 Å². The molecule has 1 N–H and O–H groups in total. The van der Waals surface area contributed by atoms with Gasteiger partial charge in [-0.15, -0.1) is 0 Å². The molecule has 0 heterocycles. The van der Waals surface area contributed by atoms with Crippen LogP contribution in [0.5, 0.6) is 0 Å². The second-order valence-electron chi connectivity index (χ2n) is 4.62. The number of oxime groups is 1. The van der Waals surface area contributed by atoms with Gasteiger partial charge in [0, 0.05) is 0 Å². The summed E-state index contributed by atoms with van der Waals surface area (Å²) < 4.78 is 0. The third-order valence-corrected chi connectivity index (χ3v) is 3.54. The molecule has 3 rings (SSSR count). The lowest BCUT2D eigenvalue weighted by molar-refractivity contribution is 0.318. The predicted octanol–water partition coefficient (Wildman–Crippen LogP) is 4.58. The van der Waals surface area contributed by atoms with E-state index in [1.54, 1.807) is 0 Å².